The van der Waals surface area contributed by atoms with Gasteiger partial charge >= 0.3 is 0 Å². The van der Waals surface area contributed by atoms with Gasteiger partial charge in [0.1, 0.15) is 0 Å². The number of hydrogen-bond donors (Lipinski definition) is 2. The van der Waals surface area contributed by atoms with E-state index in [1.807, 2.05) is 0 Å². The predicted molar refractivity (Wildman–Crippen MR) is 92.2 cm³/mol. The first-order valence-corrected chi connectivity index (χ1v) is 7.46. The molecule has 0 saturated heterocycles. The number of para-hydroxylation sites is 1. The number of amides is 2. The Balaban J connectivity index is 1.78. The molecule has 0 aliphatic heterocycles. The number of nitro benzene ring substituents is 1. The van der Waals surface area contributed by atoms with Crippen LogP contribution in [0.3, 0.4) is 0 Å². The summed E-state index contributed by atoms with van der Waals surface area (Å²) in [5.41, 5.74) is 2.96. The van der Waals surface area contributed by atoms with Crippen LogP contribution in [0, 0.1) is 10.1 Å². The lowest BCUT2D eigenvalue weighted by atomic mass is 10.2. The molecule has 8 heteroatoms. The zero-order valence-corrected chi connectivity index (χ0v) is 13.2. The Morgan fingerprint density at radius 1 is 1.08 bits per heavy atom. The zero-order valence-electron chi connectivity index (χ0n) is 13.2. The molecule has 2 N–H and O–H groups in total. The first-order valence-electron chi connectivity index (χ1n) is 7.46. The Morgan fingerprint density at radius 3 is 2.48 bits per heavy atom. The van der Waals surface area contributed by atoms with Crippen molar-refractivity contribution in [1.82, 2.24) is 10.7 Å². The SMILES string of the molecule is O=C(CCNC(=O)c1ccccc1)NN=Cc1ccccc1[N+](=O)[O-]. The molecule has 128 valence electrons. The van der Waals surface area contributed by atoms with Crippen LogP contribution >= 0.6 is 0 Å². The number of carbonyl (C=O) groups is 2. The number of nitrogens with zero attached hydrogens (tertiary/aromatic N) is 2. The molecule has 2 aromatic rings. The minimum atomic E-state index is -0.526. The van der Waals surface area contributed by atoms with E-state index in [9.17, 15) is 19.7 Å². The quantitative estimate of drug-likeness (QED) is 0.455. The molecule has 2 aromatic carbocycles. The van der Waals surface area contributed by atoms with E-state index < -0.39 is 10.8 Å². The van der Waals surface area contributed by atoms with Gasteiger partial charge in [-0.3, -0.25) is 19.7 Å². The largest absolute Gasteiger partial charge is 0.352 e. The molecule has 0 spiro atoms. The average molecular weight is 340 g/mol. The van der Waals surface area contributed by atoms with E-state index in [0.29, 0.717) is 5.56 Å². The summed E-state index contributed by atoms with van der Waals surface area (Å²) in [5, 5.41) is 17.2. The van der Waals surface area contributed by atoms with Crippen molar-refractivity contribution in [2.45, 2.75) is 6.42 Å². The van der Waals surface area contributed by atoms with Crippen LogP contribution in [-0.4, -0.2) is 29.5 Å². The van der Waals surface area contributed by atoms with Gasteiger partial charge in [0.2, 0.25) is 5.91 Å². The van der Waals surface area contributed by atoms with Gasteiger partial charge in [0, 0.05) is 24.6 Å². The molecule has 0 radical (unpaired) electrons. The Bertz CT molecular complexity index is 790. The second kappa shape index (κ2) is 8.92. The number of carbonyl (C=O) groups excluding carboxylic acids is 2. The van der Waals surface area contributed by atoms with Crippen LogP contribution in [0.1, 0.15) is 22.3 Å². The first-order chi connectivity index (χ1) is 12.1. The Hall–Kier alpha value is -3.55. The molecule has 25 heavy (non-hydrogen) atoms. The molecule has 0 aromatic heterocycles. The fourth-order valence-electron chi connectivity index (χ4n) is 1.97. The molecule has 2 amide bonds. The van der Waals surface area contributed by atoms with Gasteiger partial charge in [-0.15, -0.1) is 0 Å². The number of benzene rings is 2. The highest BCUT2D eigenvalue weighted by atomic mass is 16.6. The molecule has 0 aliphatic rings. The standard InChI is InChI=1S/C17H16N4O4/c22-16(10-11-18-17(23)13-6-2-1-3-7-13)20-19-12-14-8-4-5-9-15(14)21(24)25/h1-9,12H,10-11H2,(H,18,23)(H,20,22). The molecule has 0 saturated carbocycles. The summed E-state index contributed by atoms with van der Waals surface area (Å²) in [7, 11) is 0. The van der Waals surface area contributed by atoms with Crippen LogP contribution in [-0.2, 0) is 4.79 Å². The Labute approximate surface area is 143 Å². The van der Waals surface area contributed by atoms with E-state index in [2.05, 4.69) is 15.8 Å². The highest BCUT2D eigenvalue weighted by Gasteiger charge is 2.10. The van der Waals surface area contributed by atoms with Gasteiger partial charge in [0.05, 0.1) is 16.7 Å². The van der Waals surface area contributed by atoms with E-state index in [4.69, 9.17) is 0 Å². The highest BCUT2D eigenvalue weighted by molar-refractivity contribution is 5.94. The summed E-state index contributed by atoms with van der Waals surface area (Å²) in [6, 6.07) is 14.7. The third-order valence-corrected chi connectivity index (χ3v) is 3.20. The van der Waals surface area contributed by atoms with Crippen molar-refractivity contribution >= 4 is 23.7 Å². The minimum Gasteiger partial charge on any atom is -0.352 e. The summed E-state index contributed by atoms with van der Waals surface area (Å²) >= 11 is 0. The molecule has 0 fully saturated rings. The summed E-state index contributed by atoms with van der Waals surface area (Å²) in [6.45, 7) is 0.153. The zero-order chi connectivity index (χ0) is 18.1. The Morgan fingerprint density at radius 2 is 1.76 bits per heavy atom. The van der Waals surface area contributed by atoms with Crippen LogP contribution in [0.2, 0.25) is 0 Å². The predicted octanol–water partition coefficient (Wildman–Crippen LogP) is 1.86. The van der Waals surface area contributed by atoms with Crippen LogP contribution < -0.4 is 10.7 Å². The van der Waals surface area contributed by atoms with Crippen LogP contribution in [0.4, 0.5) is 5.69 Å². The van der Waals surface area contributed by atoms with E-state index in [1.54, 1.807) is 42.5 Å². The molecule has 2 rings (SSSR count). The van der Waals surface area contributed by atoms with Crippen molar-refractivity contribution in [3.63, 3.8) is 0 Å². The first kappa shape index (κ1) is 17.8. The van der Waals surface area contributed by atoms with Crippen LogP contribution in [0.25, 0.3) is 0 Å². The monoisotopic (exact) mass is 340 g/mol. The van der Waals surface area contributed by atoms with Crippen molar-refractivity contribution < 1.29 is 14.5 Å². The van der Waals surface area contributed by atoms with Crippen molar-refractivity contribution in [3.8, 4) is 0 Å². The second-order valence-corrected chi connectivity index (χ2v) is 4.98. The van der Waals surface area contributed by atoms with Crippen LogP contribution in [0.15, 0.2) is 59.7 Å². The van der Waals surface area contributed by atoms with Gasteiger partial charge in [-0.25, -0.2) is 5.43 Å². The van der Waals surface area contributed by atoms with Crippen molar-refractivity contribution in [2.75, 3.05) is 6.54 Å². The average Bonchev–Trinajstić information content (AvgIpc) is 2.62. The maximum Gasteiger partial charge on any atom is 0.278 e. The third-order valence-electron chi connectivity index (χ3n) is 3.20. The van der Waals surface area contributed by atoms with Crippen molar-refractivity contribution in [2.24, 2.45) is 5.10 Å². The van der Waals surface area contributed by atoms with E-state index in [0.717, 1.165) is 0 Å². The maximum atomic E-state index is 11.8. The molecule has 0 bridgehead atoms. The molecule has 0 atom stereocenters. The second-order valence-electron chi connectivity index (χ2n) is 4.98. The number of nitrogens with one attached hydrogen (secondary N) is 2. The smallest absolute Gasteiger partial charge is 0.278 e. The van der Waals surface area contributed by atoms with Crippen molar-refractivity contribution in [3.05, 3.63) is 75.8 Å². The maximum absolute atomic E-state index is 11.8. The summed E-state index contributed by atoms with van der Waals surface area (Å²) in [6.07, 6.45) is 1.24. The van der Waals surface area contributed by atoms with Gasteiger partial charge < -0.3 is 5.32 Å². The van der Waals surface area contributed by atoms with Gasteiger partial charge in [0.15, 0.2) is 0 Å². The number of hydrogen-bond acceptors (Lipinski definition) is 5. The fraction of sp³-hybridized carbons (Fsp3) is 0.118. The molecule has 0 unspecified atom stereocenters. The van der Waals surface area contributed by atoms with Crippen LogP contribution in [0.5, 0.6) is 0 Å². The van der Waals surface area contributed by atoms with Crippen molar-refractivity contribution in [1.29, 1.82) is 0 Å². The van der Waals surface area contributed by atoms with Gasteiger partial charge in [-0.05, 0) is 18.2 Å². The highest BCUT2D eigenvalue weighted by Crippen LogP contribution is 2.14. The van der Waals surface area contributed by atoms with Gasteiger partial charge in [-0.1, -0.05) is 30.3 Å². The minimum absolute atomic E-state index is 0.0345. The number of hydrazone groups is 1. The normalized spacial score (nSPS) is 10.4. The van der Waals surface area contributed by atoms with E-state index >= 15 is 0 Å². The molecular formula is C17H16N4O4. The molecule has 0 aliphatic carbocycles. The van der Waals surface area contributed by atoms with E-state index in [1.165, 1.54) is 18.3 Å². The number of nitro groups is 1. The molecular weight excluding hydrogens is 324 g/mol. The number of rotatable bonds is 7. The van der Waals surface area contributed by atoms with Gasteiger partial charge in [0.25, 0.3) is 11.6 Å². The lowest BCUT2D eigenvalue weighted by molar-refractivity contribution is -0.385. The van der Waals surface area contributed by atoms with Gasteiger partial charge in [-0.2, -0.15) is 5.10 Å². The topological polar surface area (TPSA) is 114 Å². The molecule has 0 heterocycles. The summed E-state index contributed by atoms with van der Waals surface area (Å²) in [4.78, 5) is 33.8. The lowest BCUT2D eigenvalue weighted by Crippen LogP contribution is -2.28. The summed E-state index contributed by atoms with van der Waals surface area (Å²) < 4.78 is 0. The fourth-order valence-corrected chi connectivity index (χ4v) is 1.97. The third kappa shape index (κ3) is 5.54. The van der Waals surface area contributed by atoms with E-state index in [-0.39, 0.29) is 30.1 Å². The Kier molecular flexibility index (Phi) is 6.35. The lowest BCUT2D eigenvalue weighted by Gasteiger charge is -2.04. The molecule has 8 nitrogen and oxygen atoms in total. The summed E-state index contributed by atoms with van der Waals surface area (Å²) in [5.74, 6) is -0.681.